The molecule has 2 heterocycles. The summed E-state index contributed by atoms with van der Waals surface area (Å²) in [5.41, 5.74) is 2.81. The van der Waals surface area contributed by atoms with E-state index in [9.17, 15) is 4.39 Å². The van der Waals surface area contributed by atoms with E-state index in [1.54, 1.807) is 12.1 Å². The van der Waals surface area contributed by atoms with Gasteiger partial charge in [0.2, 0.25) is 0 Å². The molecule has 0 fully saturated rings. The summed E-state index contributed by atoms with van der Waals surface area (Å²) in [4.78, 5) is 11.3. The molecule has 0 saturated carbocycles. The Morgan fingerprint density at radius 1 is 1.36 bits per heavy atom. The van der Waals surface area contributed by atoms with Gasteiger partial charge in [-0.05, 0) is 12.1 Å². The minimum Gasteiger partial charge on any atom is -0.294 e. The Balaban J connectivity index is 1.77. The normalized spacial score (nSPS) is 15.1. The smallest absolute Gasteiger partial charge is 0.131 e. The van der Waals surface area contributed by atoms with E-state index in [0.717, 1.165) is 36.6 Å². The quantitative estimate of drug-likeness (QED) is 0.857. The molecule has 0 aliphatic carbocycles. The molecule has 1 aromatic heterocycles. The van der Waals surface area contributed by atoms with E-state index < -0.39 is 0 Å². The number of aromatic nitrogens is 2. The standard InChI is InChI=1S/C17H19ClFN3/c1-11(2)17-20-8-12-9-22(7-6-16(12)21-17)10-13-14(18)4-3-5-15(13)19/h3-5,8,11H,6-7,9-10H2,1-2H3. The monoisotopic (exact) mass is 319 g/mol. The van der Waals surface area contributed by atoms with Crippen LogP contribution in [0.5, 0.6) is 0 Å². The second-order valence-corrected chi connectivity index (χ2v) is 6.42. The minimum atomic E-state index is -0.246. The minimum absolute atomic E-state index is 0.246. The van der Waals surface area contributed by atoms with Gasteiger partial charge in [0.1, 0.15) is 11.6 Å². The van der Waals surface area contributed by atoms with E-state index in [0.29, 0.717) is 23.0 Å². The summed E-state index contributed by atoms with van der Waals surface area (Å²) >= 11 is 6.11. The predicted octanol–water partition coefficient (Wildman–Crippen LogP) is 3.95. The van der Waals surface area contributed by atoms with Crippen molar-refractivity contribution in [1.29, 1.82) is 0 Å². The Labute approximate surface area is 135 Å². The van der Waals surface area contributed by atoms with E-state index in [1.165, 1.54) is 6.07 Å². The fourth-order valence-electron chi connectivity index (χ4n) is 2.71. The molecule has 3 rings (SSSR count). The Morgan fingerprint density at radius 3 is 2.91 bits per heavy atom. The lowest BCUT2D eigenvalue weighted by molar-refractivity contribution is 0.239. The molecule has 2 aromatic rings. The van der Waals surface area contributed by atoms with Gasteiger partial charge in [-0.1, -0.05) is 31.5 Å². The van der Waals surface area contributed by atoms with Crippen molar-refractivity contribution in [3.8, 4) is 0 Å². The molecule has 0 bridgehead atoms. The second-order valence-electron chi connectivity index (χ2n) is 6.02. The molecule has 1 aromatic carbocycles. The van der Waals surface area contributed by atoms with Crippen LogP contribution in [0, 0.1) is 5.82 Å². The molecule has 0 N–H and O–H groups in total. The van der Waals surface area contributed by atoms with Gasteiger partial charge in [-0.25, -0.2) is 14.4 Å². The Hall–Kier alpha value is -1.52. The lowest BCUT2D eigenvalue weighted by atomic mass is 10.1. The maximum absolute atomic E-state index is 13.9. The van der Waals surface area contributed by atoms with Crippen LogP contribution in [0.3, 0.4) is 0 Å². The fourth-order valence-corrected chi connectivity index (χ4v) is 2.93. The first kappa shape index (κ1) is 15.4. The summed E-state index contributed by atoms with van der Waals surface area (Å²) < 4.78 is 13.9. The van der Waals surface area contributed by atoms with Crippen LogP contribution in [0.4, 0.5) is 4.39 Å². The van der Waals surface area contributed by atoms with Crippen LogP contribution in [0.15, 0.2) is 24.4 Å². The fraction of sp³-hybridized carbons (Fsp3) is 0.412. The third-order valence-corrected chi connectivity index (χ3v) is 4.35. The topological polar surface area (TPSA) is 29.0 Å². The first-order valence-electron chi connectivity index (χ1n) is 7.54. The molecule has 1 aliphatic heterocycles. The van der Waals surface area contributed by atoms with Gasteiger partial charge < -0.3 is 0 Å². The molecule has 22 heavy (non-hydrogen) atoms. The third-order valence-electron chi connectivity index (χ3n) is 3.99. The number of fused-ring (bicyclic) bond motifs is 1. The van der Waals surface area contributed by atoms with Crippen molar-refractivity contribution in [2.24, 2.45) is 0 Å². The number of benzene rings is 1. The molecule has 3 nitrogen and oxygen atoms in total. The molecular formula is C17H19ClFN3. The van der Waals surface area contributed by atoms with Gasteiger partial charge >= 0.3 is 0 Å². The lowest BCUT2D eigenvalue weighted by Gasteiger charge is -2.28. The Morgan fingerprint density at radius 2 is 2.18 bits per heavy atom. The van der Waals surface area contributed by atoms with Gasteiger partial charge in [0.25, 0.3) is 0 Å². The zero-order valence-electron chi connectivity index (χ0n) is 12.8. The average molecular weight is 320 g/mol. The molecule has 0 amide bonds. The number of halogens is 2. The maximum Gasteiger partial charge on any atom is 0.131 e. The second kappa shape index (κ2) is 6.31. The molecule has 0 saturated heterocycles. The molecule has 0 radical (unpaired) electrons. The van der Waals surface area contributed by atoms with Crippen LogP contribution < -0.4 is 0 Å². The molecule has 0 atom stereocenters. The summed E-state index contributed by atoms with van der Waals surface area (Å²) in [5, 5.41) is 0.484. The average Bonchev–Trinajstić information content (AvgIpc) is 2.50. The Bertz CT molecular complexity index is 667. The molecular weight excluding hydrogens is 301 g/mol. The van der Waals surface area contributed by atoms with Crippen molar-refractivity contribution in [3.05, 3.63) is 57.9 Å². The summed E-state index contributed by atoms with van der Waals surface area (Å²) in [6.07, 6.45) is 2.77. The van der Waals surface area contributed by atoms with Crippen molar-refractivity contribution in [3.63, 3.8) is 0 Å². The van der Waals surface area contributed by atoms with Gasteiger partial charge in [-0.3, -0.25) is 4.90 Å². The van der Waals surface area contributed by atoms with E-state index in [4.69, 9.17) is 11.6 Å². The van der Waals surface area contributed by atoms with Crippen molar-refractivity contribution < 1.29 is 4.39 Å². The molecule has 5 heteroatoms. The van der Waals surface area contributed by atoms with Crippen LogP contribution in [-0.4, -0.2) is 21.4 Å². The SMILES string of the molecule is CC(C)c1ncc2c(n1)CCN(Cc1c(F)cccc1Cl)C2. The van der Waals surface area contributed by atoms with Crippen LogP contribution in [0.25, 0.3) is 0 Å². The van der Waals surface area contributed by atoms with Gasteiger partial charge in [-0.2, -0.15) is 0 Å². The van der Waals surface area contributed by atoms with E-state index in [2.05, 4.69) is 28.7 Å². The van der Waals surface area contributed by atoms with Crippen molar-refractivity contribution in [2.75, 3.05) is 6.54 Å². The maximum atomic E-state index is 13.9. The molecule has 0 spiro atoms. The highest BCUT2D eigenvalue weighted by Crippen LogP contribution is 2.24. The highest BCUT2D eigenvalue weighted by atomic mass is 35.5. The third kappa shape index (κ3) is 3.13. The first-order valence-corrected chi connectivity index (χ1v) is 7.92. The van der Waals surface area contributed by atoms with E-state index in [1.807, 2.05) is 6.20 Å². The van der Waals surface area contributed by atoms with Crippen LogP contribution >= 0.6 is 11.6 Å². The zero-order chi connectivity index (χ0) is 15.7. The van der Waals surface area contributed by atoms with Gasteiger partial charge in [0.15, 0.2) is 0 Å². The first-order chi connectivity index (χ1) is 10.5. The van der Waals surface area contributed by atoms with Crippen molar-refractivity contribution in [1.82, 2.24) is 14.9 Å². The van der Waals surface area contributed by atoms with E-state index in [-0.39, 0.29) is 5.82 Å². The van der Waals surface area contributed by atoms with E-state index >= 15 is 0 Å². The summed E-state index contributed by atoms with van der Waals surface area (Å²) in [5.74, 6) is 0.981. The van der Waals surface area contributed by atoms with Crippen molar-refractivity contribution >= 4 is 11.6 Å². The molecule has 0 unspecified atom stereocenters. The highest BCUT2D eigenvalue weighted by Gasteiger charge is 2.21. The number of hydrogen-bond donors (Lipinski definition) is 0. The van der Waals surface area contributed by atoms with Crippen LogP contribution in [0.1, 0.15) is 42.4 Å². The molecule has 116 valence electrons. The van der Waals surface area contributed by atoms with Gasteiger partial charge in [0.05, 0.1) is 0 Å². The Kier molecular flexibility index (Phi) is 4.41. The van der Waals surface area contributed by atoms with Gasteiger partial charge in [0, 0.05) is 60.0 Å². The molecule has 1 aliphatic rings. The van der Waals surface area contributed by atoms with Crippen LogP contribution in [-0.2, 0) is 19.5 Å². The van der Waals surface area contributed by atoms with Crippen molar-refractivity contribution in [2.45, 2.75) is 39.3 Å². The number of hydrogen-bond acceptors (Lipinski definition) is 3. The highest BCUT2D eigenvalue weighted by molar-refractivity contribution is 6.31. The number of rotatable bonds is 3. The summed E-state index contributed by atoms with van der Waals surface area (Å²) in [6.45, 7) is 6.29. The summed E-state index contributed by atoms with van der Waals surface area (Å²) in [7, 11) is 0. The summed E-state index contributed by atoms with van der Waals surface area (Å²) in [6, 6.07) is 4.82. The number of nitrogens with zero attached hydrogens (tertiary/aromatic N) is 3. The van der Waals surface area contributed by atoms with Gasteiger partial charge in [-0.15, -0.1) is 0 Å². The zero-order valence-corrected chi connectivity index (χ0v) is 13.6. The van der Waals surface area contributed by atoms with Crippen LogP contribution in [0.2, 0.25) is 5.02 Å². The lowest BCUT2D eigenvalue weighted by Crippen LogP contribution is -2.31. The predicted molar refractivity (Wildman–Crippen MR) is 85.3 cm³/mol. The largest absolute Gasteiger partial charge is 0.294 e.